The Morgan fingerprint density at radius 1 is 1.19 bits per heavy atom. The minimum atomic E-state index is -4.02. The molecule has 0 radical (unpaired) electrons. The second-order valence-corrected chi connectivity index (χ2v) is 10.5. The summed E-state index contributed by atoms with van der Waals surface area (Å²) in [5.74, 6) is 0.130. The highest BCUT2D eigenvalue weighted by Crippen LogP contribution is 2.36. The molecule has 2 heterocycles. The first-order chi connectivity index (χ1) is 15.0. The van der Waals surface area contributed by atoms with Gasteiger partial charge in [-0.15, -0.1) is 0 Å². The summed E-state index contributed by atoms with van der Waals surface area (Å²) in [6.45, 7) is 5.26. The molecule has 8 nitrogen and oxygen atoms in total. The number of aromatic nitrogens is 2. The second-order valence-electron chi connectivity index (χ2n) is 7.87. The summed E-state index contributed by atoms with van der Waals surface area (Å²) in [6.07, 6.45) is 1.82. The van der Waals surface area contributed by atoms with Crippen molar-refractivity contribution in [2.75, 3.05) is 11.8 Å². The zero-order valence-electron chi connectivity index (χ0n) is 17.9. The van der Waals surface area contributed by atoms with Gasteiger partial charge < -0.3 is 14.9 Å². The van der Waals surface area contributed by atoms with Crippen LogP contribution < -0.4 is 9.46 Å². The molecule has 4 rings (SSSR count). The lowest BCUT2D eigenvalue weighted by Gasteiger charge is -2.14. The van der Waals surface area contributed by atoms with E-state index in [1.54, 1.807) is 38.1 Å². The molecule has 0 atom stereocenters. The van der Waals surface area contributed by atoms with Crippen molar-refractivity contribution < 1.29 is 23.4 Å². The lowest BCUT2D eigenvalue weighted by Crippen LogP contribution is -2.14. The number of methoxy groups -OCH3 is 1. The van der Waals surface area contributed by atoms with Gasteiger partial charge in [0.15, 0.2) is 4.96 Å². The number of nitrogens with one attached hydrogen (secondary N) is 1. The highest BCUT2D eigenvalue weighted by molar-refractivity contribution is 7.92. The number of thiazole rings is 1. The molecule has 0 saturated heterocycles. The van der Waals surface area contributed by atoms with Gasteiger partial charge in [-0.3, -0.25) is 9.12 Å². The number of nitrogens with zero attached hydrogens (tertiary/aromatic N) is 2. The molecule has 2 aromatic heterocycles. The molecule has 0 aliphatic carbocycles. The van der Waals surface area contributed by atoms with Gasteiger partial charge in [0.25, 0.3) is 10.0 Å². The van der Waals surface area contributed by atoms with Crippen molar-refractivity contribution in [3.05, 3.63) is 59.2 Å². The maximum absolute atomic E-state index is 13.2. The van der Waals surface area contributed by atoms with Crippen molar-refractivity contribution in [1.29, 1.82) is 0 Å². The van der Waals surface area contributed by atoms with Crippen molar-refractivity contribution in [3.63, 3.8) is 0 Å². The normalized spacial score (nSPS) is 12.3. The predicted octanol–water partition coefficient (Wildman–Crippen LogP) is 4.11. The van der Waals surface area contributed by atoms with Crippen LogP contribution in [0.2, 0.25) is 0 Å². The molecule has 3 N–H and O–H groups in total. The van der Waals surface area contributed by atoms with Gasteiger partial charge in [0.1, 0.15) is 16.4 Å². The van der Waals surface area contributed by atoms with E-state index in [9.17, 15) is 18.6 Å². The largest absolute Gasteiger partial charge is 0.508 e. The Hall–Kier alpha value is -3.08. The van der Waals surface area contributed by atoms with Gasteiger partial charge >= 0.3 is 0 Å². The fourth-order valence-electron chi connectivity index (χ4n) is 3.40. The van der Waals surface area contributed by atoms with Crippen LogP contribution in [0, 0.1) is 6.92 Å². The van der Waals surface area contributed by atoms with E-state index < -0.39 is 15.6 Å². The van der Waals surface area contributed by atoms with Crippen molar-refractivity contribution in [1.82, 2.24) is 9.38 Å². The molecule has 10 heteroatoms. The number of fused-ring (bicyclic) bond motifs is 1. The number of sulfonamides is 1. The van der Waals surface area contributed by atoms with E-state index >= 15 is 0 Å². The maximum atomic E-state index is 13.2. The van der Waals surface area contributed by atoms with E-state index in [1.807, 2.05) is 17.5 Å². The van der Waals surface area contributed by atoms with Gasteiger partial charge in [0, 0.05) is 17.8 Å². The van der Waals surface area contributed by atoms with Crippen LogP contribution in [0.15, 0.2) is 53.6 Å². The molecule has 0 aliphatic heterocycles. The Bertz CT molecular complexity index is 1420. The summed E-state index contributed by atoms with van der Waals surface area (Å²) >= 11 is 1.38. The van der Waals surface area contributed by atoms with E-state index in [0.717, 1.165) is 16.3 Å². The van der Waals surface area contributed by atoms with Crippen LogP contribution in [0.4, 0.5) is 5.69 Å². The lowest BCUT2D eigenvalue weighted by molar-refractivity contribution is 0.0822. The van der Waals surface area contributed by atoms with Gasteiger partial charge in [0.2, 0.25) is 0 Å². The van der Waals surface area contributed by atoms with Crippen LogP contribution in [0.25, 0.3) is 16.2 Å². The van der Waals surface area contributed by atoms with E-state index in [2.05, 4.69) is 9.71 Å². The van der Waals surface area contributed by atoms with Crippen LogP contribution in [-0.2, 0) is 15.6 Å². The number of anilines is 1. The number of imidazole rings is 1. The average molecular weight is 474 g/mol. The van der Waals surface area contributed by atoms with E-state index in [1.165, 1.54) is 36.6 Å². The van der Waals surface area contributed by atoms with Gasteiger partial charge in [-0.2, -0.15) is 0 Å². The topological polar surface area (TPSA) is 113 Å². The monoisotopic (exact) mass is 473 g/mol. The number of aryl methyl sites for hydroxylation is 1. The Balaban J connectivity index is 1.84. The van der Waals surface area contributed by atoms with Crippen LogP contribution in [0.5, 0.6) is 11.5 Å². The van der Waals surface area contributed by atoms with Crippen molar-refractivity contribution >= 4 is 32.0 Å². The van der Waals surface area contributed by atoms with Gasteiger partial charge in [0.05, 0.1) is 34.7 Å². The fourth-order valence-corrected chi connectivity index (χ4v) is 5.67. The third-order valence-electron chi connectivity index (χ3n) is 4.93. The Labute approximate surface area is 189 Å². The number of ether oxygens (including phenoxy) is 1. The van der Waals surface area contributed by atoms with Crippen LogP contribution in [0.3, 0.4) is 0 Å². The third-order valence-corrected chi connectivity index (χ3v) is 7.63. The van der Waals surface area contributed by atoms with Gasteiger partial charge in [-0.1, -0.05) is 17.4 Å². The molecule has 4 aromatic rings. The maximum Gasteiger partial charge on any atom is 0.265 e. The third kappa shape index (κ3) is 4.04. The summed E-state index contributed by atoms with van der Waals surface area (Å²) in [4.78, 5) is 5.98. The van der Waals surface area contributed by atoms with Crippen LogP contribution in [0.1, 0.15) is 24.4 Å². The first-order valence-corrected chi connectivity index (χ1v) is 12.0. The van der Waals surface area contributed by atoms with Gasteiger partial charge in [-0.05, 0) is 51.1 Å². The number of aliphatic hydroxyl groups is 1. The molecule has 0 amide bonds. The van der Waals surface area contributed by atoms with E-state index in [0.29, 0.717) is 10.5 Å². The fraction of sp³-hybridized carbons (Fsp3) is 0.227. The molecule has 168 valence electrons. The van der Waals surface area contributed by atoms with Crippen molar-refractivity contribution in [3.8, 4) is 22.8 Å². The molecule has 2 aromatic carbocycles. The van der Waals surface area contributed by atoms with Gasteiger partial charge in [-0.25, -0.2) is 13.4 Å². The number of hydrogen-bond acceptors (Lipinski definition) is 7. The molecular formula is C22H23N3O5S2. The van der Waals surface area contributed by atoms with Crippen LogP contribution >= 0.6 is 11.3 Å². The van der Waals surface area contributed by atoms with E-state index in [4.69, 9.17) is 4.74 Å². The highest BCUT2D eigenvalue weighted by atomic mass is 32.2. The predicted molar refractivity (Wildman–Crippen MR) is 124 cm³/mol. The van der Waals surface area contributed by atoms with Crippen molar-refractivity contribution in [2.24, 2.45) is 0 Å². The number of rotatable bonds is 6. The molecule has 0 spiro atoms. The molecule has 0 aliphatic rings. The SMILES string of the molecule is COc1ccc(-c2c(C)nc3sc(C(C)(C)O)cn23)cc1S(=O)(=O)Nc1cccc(O)c1. The summed E-state index contributed by atoms with van der Waals surface area (Å²) in [5.41, 5.74) is 1.30. The average Bonchev–Trinajstić information content (AvgIpc) is 3.24. The van der Waals surface area contributed by atoms with Crippen molar-refractivity contribution in [2.45, 2.75) is 31.3 Å². The summed E-state index contributed by atoms with van der Waals surface area (Å²) in [5, 5.41) is 20.0. The molecule has 0 saturated carbocycles. The zero-order chi connectivity index (χ0) is 23.3. The smallest absolute Gasteiger partial charge is 0.265 e. The lowest BCUT2D eigenvalue weighted by atomic mass is 10.1. The number of phenols is 1. The molecule has 32 heavy (non-hydrogen) atoms. The second kappa shape index (κ2) is 7.80. The molecule has 0 bridgehead atoms. The van der Waals surface area contributed by atoms with Crippen LogP contribution in [-0.4, -0.2) is 35.1 Å². The summed E-state index contributed by atoms with van der Waals surface area (Å²) in [6, 6.07) is 10.8. The summed E-state index contributed by atoms with van der Waals surface area (Å²) < 4.78 is 36.0. The standard InChI is InChI=1S/C22H23N3O5S2/c1-13-20(25-12-19(22(2,3)27)31-21(25)23-13)14-8-9-17(30-4)18(10-14)32(28,29)24-15-6-5-7-16(26)11-15/h5-12,24,26-27H,1-4H3. The molecular weight excluding hydrogens is 450 g/mol. The Morgan fingerprint density at radius 2 is 1.94 bits per heavy atom. The number of hydrogen-bond donors (Lipinski definition) is 3. The first-order valence-electron chi connectivity index (χ1n) is 9.71. The molecule has 0 unspecified atom stereocenters. The number of aromatic hydroxyl groups is 1. The Morgan fingerprint density at radius 3 is 2.59 bits per heavy atom. The highest BCUT2D eigenvalue weighted by Gasteiger charge is 2.25. The number of benzene rings is 2. The minimum Gasteiger partial charge on any atom is -0.508 e. The summed E-state index contributed by atoms with van der Waals surface area (Å²) in [7, 11) is -2.62. The molecule has 0 fully saturated rings. The minimum absolute atomic E-state index is 0.0480. The zero-order valence-corrected chi connectivity index (χ0v) is 19.6. The Kier molecular flexibility index (Phi) is 5.40. The van der Waals surface area contributed by atoms with E-state index in [-0.39, 0.29) is 22.1 Å². The number of phenolic OH excluding ortho intramolecular Hbond substituents is 1. The quantitative estimate of drug-likeness (QED) is 0.388. The first kappa shape index (κ1) is 22.1.